The van der Waals surface area contributed by atoms with Crippen LogP contribution in [-0.4, -0.2) is 20.9 Å². The van der Waals surface area contributed by atoms with Crippen LogP contribution in [0.4, 0.5) is 0 Å². The van der Waals surface area contributed by atoms with E-state index in [-0.39, 0.29) is 0 Å². The van der Waals surface area contributed by atoms with Gasteiger partial charge in [-0.1, -0.05) is 19.3 Å². The lowest BCUT2D eigenvalue weighted by Gasteiger charge is -2.20. The average Bonchev–Trinajstić information content (AvgIpc) is 2.82. The van der Waals surface area contributed by atoms with E-state index >= 15 is 0 Å². The summed E-state index contributed by atoms with van der Waals surface area (Å²) in [6.07, 6.45) is 9.54. The number of fused-ring (bicyclic) bond motifs is 1. The minimum atomic E-state index is -0.462. The zero-order valence-corrected chi connectivity index (χ0v) is 10.1. The highest BCUT2D eigenvalue weighted by Gasteiger charge is 2.19. The number of H-pyrrole nitrogens is 1. The number of nitrogens with one attached hydrogen (secondary N) is 1. The largest absolute Gasteiger partial charge is 0.365 e. The average molecular weight is 244 g/mol. The Hall–Kier alpha value is -1.91. The molecule has 18 heavy (non-hydrogen) atoms. The topological polar surface area (TPSA) is 84.7 Å². The summed E-state index contributed by atoms with van der Waals surface area (Å²) in [5, 5.41) is 0. The number of amides is 1. The fourth-order valence-corrected chi connectivity index (χ4v) is 2.69. The monoisotopic (exact) mass is 244 g/mol. The van der Waals surface area contributed by atoms with Crippen molar-refractivity contribution in [3.63, 3.8) is 0 Å². The molecule has 1 amide bonds. The first kappa shape index (κ1) is 11.2. The molecule has 2 heterocycles. The van der Waals surface area contributed by atoms with Gasteiger partial charge < -0.3 is 10.7 Å². The van der Waals surface area contributed by atoms with Gasteiger partial charge in [0.15, 0.2) is 5.65 Å². The van der Waals surface area contributed by atoms with Gasteiger partial charge in [-0.15, -0.1) is 0 Å². The van der Waals surface area contributed by atoms with Crippen LogP contribution in [0.1, 0.15) is 54.1 Å². The molecule has 0 atom stereocenters. The third-order valence-corrected chi connectivity index (χ3v) is 3.69. The zero-order chi connectivity index (χ0) is 12.5. The second-order valence-corrected chi connectivity index (χ2v) is 4.89. The summed E-state index contributed by atoms with van der Waals surface area (Å²) in [7, 11) is 0. The van der Waals surface area contributed by atoms with Crippen LogP contribution >= 0.6 is 0 Å². The smallest absolute Gasteiger partial charge is 0.252 e. The summed E-state index contributed by atoms with van der Waals surface area (Å²) in [5.74, 6) is 0.0163. The van der Waals surface area contributed by atoms with E-state index in [4.69, 9.17) is 5.73 Å². The van der Waals surface area contributed by atoms with Crippen molar-refractivity contribution >= 4 is 17.1 Å². The van der Waals surface area contributed by atoms with Crippen LogP contribution in [0, 0.1) is 0 Å². The Labute approximate surface area is 105 Å². The van der Waals surface area contributed by atoms with Crippen molar-refractivity contribution < 1.29 is 4.79 Å². The van der Waals surface area contributed by atoms with Crippen LogP contribution in [-0.2, 0) is 0 Å². The molecule has 3 N–H and O–H groups in total. The predicted molar refractivity (Wildman–Crippen MR) is 68.2 cm³/mol. The van der Waals surface area contributed by atoms with Crippen molar-refractivity contribution in [2.75, 3.05) is 0 Å². The van der Waals surface area contributed by atoms with E-state index in [1.54, 1.807) is 6.20 Å². The van der Waals surface area contributed by atoms with Crippen LogP contribution in [0.3, 0.4) is 0 Å². The molecule has 1 saturated carbocycles. The van der Waals surface area contributed by atoms with Crippen LogP contribution in [0.5, 0.6) is 0 Å². The van der Waals surface area contributed by atoms with E-state index in [1.807, 2.05) is 6.20 Å². The second-order valence-electron chi connectivity index (χ2n) is 4.89. The van der Waals surface area contributed by atoms with Crippen LogP contribution in [0.15, 0.2) is 12.4 Å². The van der Waals surface area contributed by atoms with Crippen molar-refractivity contribution in [2.45, 2.75) is 38.0 Å². The van der Waals surface area contributed by atoms with Crippen molar-refractivity contribution in [1.29, 1.82) is 0 Å². The number of hydrogen-bond donors (Lipinski definition) is 2. The fraction of sp³-hybridized carbons (Fsp3) is 0.462. The number of aromatic amines is 1. The lowest BCUT2D eigenvalue weighted by atomic mass is 9.87. The molecule has 1 aliphatic rings. The molecular formula is C13H16N4O. The summed E-state index contributed by atoms with van der Waals surface area (Å²) < 4.78 is 0. The molecule has 1 aliphatic carbocycles. The van der Waals surface area contributed by atoms with Crippen molar-refractivity contribution in [1.82, 2.24) is 15.0 Å². The maximum absolute atomic E-state index is 11.3. The fourth-order valence-electron chi connectivity index (χ4n) is 2.69. The number of rotatable bonds is 2. The number of carbonyl (C=O) groups excluding carboxylic acids is 1. The van der Waals surface area contributed by atoms with Crippen molar-refractivity contribution in [3.05, 3.63) is 23.7 Å². The van der Waals surface area contributed by atoms with Crippen LogP contribution in [0.2, 0.25) is 0 Å². The van der Waals surface area contributed by atoms with Gasteiger partial charge in [-0.05, 0) is 12.8 Å². The maximum Gasteiger partial charge on any atom is 0.252 e. The SMILES string of the molecule is NC(=O)c1c[nH]c2ncc(C3CCCCC3)nc12. The standard InChI is InChI=1S/C13H16N4O/c14-12(18)9-6-15-13-11(9)17-10(7-16-13)8-4-2-1-3-5-8/h6-8H,1-5H2,(H2,14,18)(H,15,16). The van der Waals surface area contributed by atoms with Gasteiger partial charge in [-0.2, -0.15) is 0 Å². The van der Waals surface area contributed by atoms with Gasteiger partial charge >= 0.3 is 0 Å². The predicted octanol–water partition coefficient (Wildman–Crippen LogP) is 2.10. The number of aromatic nitrogens is 3. The van der Waals surface area contributed by atoms with Gasteiger partial charge in [0, 0.05) is 12.1 Å². The second kappa shape index (κ2) is 4.40. The lowest BCUT2D eigenvalue weighted by Crippen LogP contribution is -2.11. The van der Waals surface area contributed by atoms with Crippen molar-refractivity contribution in [2.24, 2.45) is 5.73 Å². The minimum absolute atomic E-state index is 0.426. The summed E-state index contributed by atoms with van der Waals surface area (Å²) in [6, 6.07) is 0. The normalized spacial score (nSPS) is 17.1. The molecule has 0 unspecified atom stereocenters. The van der Waals surface area contributed by atoms with Gasteiger partial charge in [-0.25, -0.2) is 9.97 Å². The Morgan fingerprint density at radius 2 is 2.11 bits per heavy atom. The molecule has 1 fully saturated rings. The Bertz CT molecular complexity index is 584. The van der Waals surface area contributed by atoms with E-state index in [0.29, 0.717) is 22.6 Å². The number of primary amides is 1. The third-order valence-electron chi connectivity index (χ3n) is 3.69. The molecule has 0 aromatic carbocycles. The molecule has 0 spiro atoms. The number of hydrogen-bond acceptors (Lipinski definition) is 3. The van der Waals surface area contributed by atoms with Gasteiger partial charge in [0.25, 0.3) is 5.91 Å². The Balaban J connectivity index is 2.03. The highest BCUT2D eigenvalue weighted by atomic mass is 16.1. The first-order valence-electron chi connectivity index (χ1n) is 6.39. The van der Waals surface area contributed by atoms with E-state index in [9.17, 15) is 4.79 Å². The Kier molecular flexibility index (Phi) is 2.74. The molecule has 5 heteroatoms. The van der Waals surface area contributed by atoms with E-state index in [0.717, 1.165) is 18.5 Å². The summed E-state index contributed by atoms with van der Waals surface area (Å²) in [6.45, 7) is 0. The van der Waals surface area contributed by atoms with E-state index in [2.05, 4.69) is 15.0 Å². The number of carbonyl (C=O) groups is 1. The molecule has 2 aromatic rings. The highest BCUT2D eigenvalue weighted by Crippen LogP contribution is 2.31. The number of nitrogens with zero attached hydrogens (tertiary/aromatic N) is 2. The number of nitrogens with two attached hydrogens (primary N) is 1. The van der Waals surface area contributed by atoms with E-state index in [1.165, 1.54) is 19.3 Å². The molecule has 0 radical (unpaired) electrons. The molecule has 5 nitrogen and oxygen atoms in total. The first-order chi connectivity index (χ1) is 8.75. The van der Waals surface area contributed by atoms with Crippen molar-refractivity contribution in [3.8, 4) is 0 Å². The molecule has 2 aromatic heterocycles. The lowest BCUT2D eigenvalue weighted by molar-refractivity contribution is 0.100. The summed E-state index contributed by atoms with van der Waals surface area (Å²) in [5.41, 5.74) is 7.97. The Morgan fingerprint density at radius 3 is 2.83 bits per heavy atom. The van der Waals surface area contributed by atoms with Gasteiger partial charge in [0.2, 0.25) is 0 Å². The summed E-state index contributed by atoms with van der Waals surface area (Å²) in [4.78, 5) is 23.1. The molecule has 0 aliphatic heterocycles. The molecule has 94 valence electrons. The van der Waals surface area contributed by atoms with Crippen LogP contribution in [0.25, 0.3) is 11.2 Å². The third kappa shape index (κ3) is 1.85. The first-order valence-corrected chi connectivity index (χ1v) is 6.39. The van der Waals surface area contributed by atoms with Gasteiger partial charge in [0.1, 0.15) is 5.52 Å². The molecular weight excluding hydrogens is 228 g/mol. The van der Waals surface area contributed by atoms with E-state index < -0.39 is 5.91 Å². The summed E-state index contributed by atoms with van der Waals surface area (Å²) >= 11 is 0. The molecule has 0 saturated heterocycles. The Morgan fingerprint density at radius 1 is 1.33 bits per heavy atom. The van der Waals surface area contributed by atoms with Gasteiger partial charge in [-0.3, -0.25) is 4.79 Å². The van der Waals surface area contributed by atoms with Crippen LogP contribution < -0.4 is 5.73 Å². The zero-order valence-electron chi connectivity index (χ0n) is 10.1. The van der Waals surface area contributed by atoms with Gasteiger partial charge in [0.05, 0.1) is 17.5 Å². The molecule has 0 bridgehead atoms. The molecule has 3 rings (SSSR count). The quantitative estimate of drug-likeness (QED) is 0.848. The minimum Gasteiger partial charge on any atom is -0.365 e. The maximum atomic E-state index is 11.3. The highest BCUT2D eigenvalue weighted by molar-refractivity contribution is 6.03.